The molecular weight excluding hydrogens is 308 g/mol. The monoisotopic (exact) mass is 324 g/mol. The second kappa shape index (κ2) is 6.45. The quantitative estimate of drug-likeness (QED) is 0.709. The van der Waals surface area contributed by atoms with Crippen LogP contribution in [0.5, 0.6) is 5.75 Å². The van der Waals surface area contributed by atoms with Crippen LogP contribution in [0.3, 0.4) is 0 Å². The fraction of sp³-hybridized carbons (Fsp3) is 0.100. The van der Waals surface area contributed by atoms with E-state index >= 15 is 0 Å². The van der Waals surface area contributed by atoms with Crippen LogP contribution in [0.4, 0.5) is 0 Å². The molecule has 23 heavy (non-hydrogen) atoms. The summed E-state index contributed by atoms with van der Waals surface area (Å²) in [4.78, 5) is 0. The normalized spacial score (nSPS) is 13.3. The van der Waals surface area contributed by atoms with E-state index in [1.807, 2.05) is 72.8 Å². The van der Waals surface area contributed by atoms with Gasteiger partial charge in [0.1, 0.15) is 11.4 Å². The lowest BCUT2D eigenvalue weighted by Gasteiger charge is -2.31. The Bertz CT molecular complexity index is 784. The fourth-order valence-electron chi connectivity index (χ4n) is 2.74. The molecule has 3 aromatic rings. The molecule has 3 rings (SSSR count). The van der Waals surface area contributed by atoms with Crippen molar-refractivity contribution in [1.29, 1.82) is 0 Å². The molecule has 1 unspecified atom stereocenters. The first-order valence-corrected chi connectivity index (χ1v) is 7.71. The zero-order valence-electron chi connectivity index (χ0n) is 12.7. The number of aliphatic hydroxyl groups is 1. The van der Waals surface area contributed by atoms with Gasteiger partial charge in [0.15, 0.2) is 0 Å². The van der Waals surface area contributed by atoms with E-state index in [1.54, 1.807) is 13.2 Å². The number of rotatable bonds is 4. The summed E-state index contributed by atoms with van der Waals surface area (Å²) >= 11 is 6.38. The first-order valence-electron chi connectivity index (χ1n) is 7.33. The van der Waals surface area contributed by atoms with Crippen molar-refractivity contribution in [3.05, 3.63) is 101 Å². The van der Waals surface area contributed by atoms with Crippen molar-refractivity contribution in [3.63, 3.8) is 0 Å². The van der Waals surface area contributed by atoms with Crippen molar-refractivity contribution in [3.8, 4) is 5.75 Å². The Kier molecular flexibility index (Phi) is 4.37. The maximum Gasteiger partial charge on any atom is 0.142 e. The highest BCUT2D eigenvalue weighted by Crippen LogP contribution is 2.40. The van der Waals surface area contributed by atoms with E-state index in [0.717, 1.165) is 16.9 Å². The summed E-state index contributed by atoms with van der Waals surface area (Å²) in [6.45, 7) is 0. The van der Waals surface area contributed by atoms with Crippen molar-refractivity contribution in [2.75, 3.05) is 7.11 Å². The summed E-state index contributed by atoms with van der Waals surface area (Å²) in [5, 5.41) is 12.2. The van der Waals surface area contributed by atoms with Gasteiger partial charge in [0, 0.05) is 10.6 Å². The van der Waals surface area contributed by atoms with Gasteiger partial charge in [0.05, 0.1) is 7.11 Å². The van der Waals surface area contributed by atoms with E-state index in [0.29, 0.717) is 10.6 Å². The molecule has 0 aliphatic carbocycles. The number of methoxy groups -OCH3 is 1. The molecule has 1 N–H and O–H groups in total. The predicted octanol–water partition coefficient (Wildman–Crippen LogP) is 4.63. The van der Waals surface area contributed by atoms with E-state index in [-0.39, 0.29) is 0 Å². The van der Waals surface area contributed by atoms with Crippen LogP contribution in [0.2, 0.25) is 5.02 Å². The van der Waals surface area contributed by atoms with Gasteiger partial charge in [-0.25, -0.2) is 0 Å². The molecule has 0 amide bonds. The molecule has 0 radical (unpaired) electrons. The van der Waals surface area contributed by atoms with Crippen LogP contribution in [0, 0.1) is 0 Å². The van der Waals surface area contributed by atoms with Gasteiger partial charge in [-0.2, -0.15) is 0 Å². The first kappa shape index (κ1) is 15.6. The lowest BCUT2D eigenvalue weighted by molar-refractivity contribution is 0.126. The van der Waals surface area contributed by atoms with Gasteiger partial charge in [-0.3, -0.25) is 0 Å². The van der Waals surface area contributed by atoms with Crippen LogP contribution >= 0.6 is 11.6 Å². The summed E-state index contributed by atoms with van der Waals surface area (Å²) in [6, 6.07) is 24.3. The molecule has 0 bridgehead atoms. The molecular formula is C20H17ClO2. The third kappa shape index (κ3) is 2.83. The van der Waals surface area contributed by atoms with Gasteiger partial charge in [-0.15, -0.1) is 0 Å². The molecule has 0 aromatic heterocycles. The molecule has 2 nitrogen and oxygen atoms in total. The highest BCUT2D eigenvalue weighted by atomic mass is 35.5. The predicted molar refractivity (Wildman–Crippen MR) is 93.0 cm³/mol. The molecule has 116 valence electrons. The van der Waals surface area contributed by atoms with Crippen molar-refractivity contribution >= 4 is 11.6 Å². The van der Waals surface area contributed by atoms with Crippen molar-refractivity contribution < 1.29 is 9.84 Å². The molecule has 3 heteroatoms. The SMILES string of the molecule is COc1ccc(C(O)(c2ccccc2)c2ccccc2Cl)cc1. The van der Waals surface area contributed by atoms with E-state index in [1.165, 1.54) is 0 Å². The Balaban J connectivity index is 2.23. The molecule has 0 fully saturated rings. The highest BCUT2D eigenvalue weighted by Gasteiger charge is 2.35. The Labute approximate surface area is 140 Å². The van der Waals surface area contributed by atoms with Crippen molar-refractivity contribution in [2.24, 2.45) is 0 Å². The molecule has 0 spiro atoms. The molecule has 3 aromatic carbocycles. The van der Waals surface area contributed by atoms with Gasteiger partial charge in [-0.1, -0.05) is 72.3 Å². The molecule has 0 aliphatic rings. The maximum atomic E-state index is 11.6. The zero-order chi connectivity index (χ0) is 16.3. The van der Waals surface area contributed by atoms with Crippen LogP contribution in [0.1, 0.15) is 16.7 Å². The summed E-state index contributed by atoms with van der Waals surface area (Å²) in [5.41, 5.74) is 0.820. The highest BCUT2D eigenvalue weighted by molar-refractivity contribution is 6.31. The minimum atomic E-state index is -1.33. The van der Waals surface area contributed by atoms with Gasteiger partial charge in [0.2, 0.25) is 0 Å². The Hall–Kier alpha value is -2.29. The summed E-state index contributed by atoms with van der Waals surface area (Å²) in [6.07, 6.45) is 0. The van der Waals surface area contributed by atoms with Crippen LogP contribution in [-0.2, 0) is 5.60 Å². The first-order chi connectivity index (χ1) is 11.2. The average Bonchev–Trinajstić information content (AvgIpc) is 2.62. The smallest absolute Gasteiger partial charge is 0.142 e. The number of hydrogen-bond donors (Lipinski definition) is 1. The molecule has 0 saturated heterocycles. The Morgan fingerprint density at radius 2 is 1.35 bits per heavy atom. The lowest BCUT2D eigenvalue weighted by atomic mass is 9.80. The van der Waals surface area contributed by atoms with Crippen LogP contribution in [-0.4, -0.2) is 12.2 Å². The van der Waals surface area contributed by atoms with E-state index < -0.39 is 5.60 Å². The Morgan fingerprint density at radius 1 is 0.783 bits per heavy atom. The third-order valence-electron chi connectivity index (χ3n) is 3.96. The molecule has 1 atom stereocenters. The fourth-order valence-corrected chi connectivity index (χ4v) is 3.02. The number of halogens is 1. The topological polar surface area (TPSA) is 29.5 Å². The van der Waals surface area contributed by atoms with E-state index in [9.17, 15) is 5.11 Å². The molecule has 0 aliphatic heterocycles. The molecule has 0 heterocycles. The number of ether oxygens (including phenoxy) is 1. The van der Waals surface area contributed by atoms with Crippen molar-refractivity contribution in [2.45, 2.75) is 5.60 Å². The second-order valence-corrected chi connectivity index (χ2v) is 5.69. The third-order valence-corrected chi connectivity index (χ3v) is 4.29. The maximum absolute atomic E-state index is 11.6. The van der Waals surface area contributed by atoms with E-state index in [4.69, 9.17) is 16.3 Å². The average molecular weight is 325 g/mol. The summed E-state index contributed by atoms with van der Waals surface area (Å²) in [5.74, 6) is 0.739. The van der Waals surface area contributed by atoms with Gasteiger partial charge < -0.3 is 9.84 Å². The summed E-state index contributed by atoms with van der Waals surface area (Å²) < 4.78 is 5.21. The van der Waals surface area contributed by atoms with Gasteiger partial charge in [0.25, 0.3) is 0 Å². The van der Waals surface area contributed by atoms with E-state index in [2.05, 4.69) is 0 Å². The summed E-state index contributed by atoms with van der Waals surface area (Å²) in [7, 11) is 1.62. The van der Waals surface area contributed by atoms with Gasteiger partial charge in [-0.05, 0) is 29.3 Å². The zero-order valence-corrected chi connectivity index (χ0v) is 13.5. The van der Waals surface area contributed by atoms with Crippen molar-refractivity contribution in [1.82, 2.24) is 0 Å². The Morgan fingerprint density at radius 3 is 1.96 bits per heavy atom. The van der Waals surface area contributed by atoms with Crippen LogP contribution < -0.4 is 4.74 Å². The second-order valence-electron chi connectivity index (χ2n) is 5.28. The van der Waals surface area contributed by atoms with Crippen LogP contribution in [0.15, 0.2) is 78.9 Å². The van der Waals surface area contributed by atoms with Crippen LogP contribution in [0.25, 0.3) is 0 Å². The number of hydrogen-bond acceptors (Lipinski definition) is 2. The number of benzene rings is 3. The standard InChI is InChI=1S/C20H17ClO2/c1-23-17-13-11-16(12-14-17)20(22,15-7-3-2-4-8-15)18-9-5-6-10-19(18)21/h2-14,22H,1H3. The van der Waals surface area contributed by atoms with Gasteiger partial charge >= 0.3 is 0 Å². The minimum absolute atomic E-state index is 0.523. The largest absolute Gasteiger partial charge is 0.497 e. The lowest BCUT2D eigenvalue weighted by Crippen LogP contribution is -2.29. The minimum Gasteiger partial charge on any atom is -0.497 e. The molecule has 0 saturated carbocycles.